The second-order valence-corrected chi connectivity index (χ2v) is 7.39. The molecular formula is C24H27N3O4. The second-order valence-electron chi connectivity index (χ2n) is 7.39. The first-order valence-corrected chi connectivity index (χ1v) is 10.4. The molecule has 0 aliphatic carbocycles. The van der Waals surface area contributed by atoms with Crippen LogP contribution in [0.1, 0.15) is 12.3 Å². The van der Waals surface area contributed by atoms with Crippen LogP contribution in [0.4, 0.5) is 5.69 Å². The lowest BCUT2D eigenvalue weighted by atomic mass is 10.2. The van der Waals surface area contributed by atoms with Crippen molar-refractivity contribution in [2.45, 2.75) is 12.8 Å². The number of para-hydroxylation sites is 2. The molecule has 1 saturated heterocycles. The van der Waals surface area contributed by atoms with Crippen LogP contribution in [0.3, 0.4) is 0 Å². The summed E-state index contributed by atoms with van der Waals surface area (Å²) >= 11 is 0. The van der Waals surface area contributed by atoms with Crippen molar-refractivity contribution in [1.82, 2.24) is 9.88 Å². The maximum absolute atomic E-state index is 12.7. The van der Waals surface area contributed by atoms with Gasteiger partial charge in [-0.25, -0.2) is 4.98 Å². The summed E-state index contributed by atoms with van der Waals surface area (Å²) in [5, 5.41) is 0. The number of amides is 1. The van der Waals surface area contributed by atoms with Gasteiger partial charge in [-0.2, -0.15) is 0 Å². The van der Waals surface area contributed by atoms with Crippen LogP contribution in [-0.4, -0.2) is 56.2 Å². The van der Waals surface area contributed by atoms with Gasteiger partial charge in [0, 0.05) is 44.6 Å². The molecule has 7 nitrogen and oxygen atoms in total. The third-order valence-corrected chi connectivity index (χ3v) is 5.54. The van der Waals surface area contributed by atoms with E-state index in [1.165, 1.54) is 0 Å². The smallest absolute Gasteiger partial charge is 0.223 e. The molecule has 1 amide bonds. The van der Waals surface area contributed by atoms with Crippen LogP contribution >= 0.6 is 0 Å². The highest BCUT2D eigenvalue weighted by Crippen LogP contribution is 2.28. The maximum Gasteiger partial charge on any atom is 0.223 e. The van der Waals surface area contributed by atoms with Gasteiger partial charge >= 0.3 is 0 Å². The van der Waals surface area contributed by atoms with Gasteiger partial charge in [0.2, 0.25) is 5.91 Å². The van der Waals surface area contributed by atoms with E-state index in [-0.39, 0.29) is 5.91 Å². The standard InChI is InChI=1S/C24H27N3O4/c1-29-19-9-7-18(8-10-19)22-17-25-23(31-22)11-12-24(28)27-15-13-26(14-16-27)20-5-3-4-6-21(20)30-2/h3-10,17H,11-16H2,1-2H3. The van der Waals surface area contributed by atoms with Gasteiger partial charge in [-0.3, -0.25) is 4.79 Å². The van der Waals surface area contributed by atoms with Crippen molar-refractivity contribution in [3.05, 3.63) is 60.6 Å². The lowest BCUT2D eigenvalue weighted by molar-refractivity contribution is -0.131. The van der Waals surface area contributed by atoms with Gasteiger partial charge in [-0.15, -0.1) is 0 Å². The van der Waals surface area contributed by atoms with Crippen molar-refractivity contribution < 1.29 is 18.7 Å². The Morgan fingerprint density at radius 3 is 2.45 bits per heavy atom. The zero-order chi connectivity index (χ0) is 21.6. The maximum atomic E-state index is 12.7. The lowest BCUT2D eigenvalue weighted by Crippen LogP contribution is -2.48. The molecule has 3 aromatic rings. The van der Waals surface area contributed by atoms with E-state index in [2.05, 4.69) is 16.0 Å². The molecule has 4 rings (SSSR count). The van der Waals surface area contributed by atoms with Gasteiger partial charge in [-0.1, -0.05) is 12.1 Å². The van der Waals surface area contributed by atoms with Crippen LogP contribution in [0.5, 0.6) is 11.5 Å². The number of carbonyl (C=O) groups excluding carboxylic acids is 1. The highest BCUT2D eigenvalue weighted by molar-refractivity contribution is 5.76. The monoisotopic (exact) mass is 421 g/mol. The summed E-state index contributed by atoms with van der Waals surface area (Å²) in [6.07, 6.45) is 2.58. The van der Waals surface area contributed by atoms with E-state index in [4.69, 9.17) is 13.9 Å². The Labute approximate surface area is 182 Å². The number of methoxy groups -OCH3 is 2. The molecule has 1 fully saturated rings. The highest BCUT2D eigenvalue weighted by Gasteiger charge is 2.23. The quantitative estimate of drug-likeness (QED) is 0.580. The second kappa shape index (κ2) is 9.55. The van der Waals surface area contributed by atoms with Crippen molar-refractivity contribution in [3.63, 3.8) is 0 Å². The van der Waals surface area contributed by atoms with Crippen molar-refractivity contribution in [2.24, 2.45) is 0 Å². The number of piperazine rings is 1. The third-order valence-electron chi connectivity index (χ3n) is 5.54. The van der Waals surface area contributed by atoms with Crippen LogP contribution in [-0.2, 0) is 11.2 Å². The van der Waals surface area contributed by atoms with E-state index in [1.807, 2.05) is 47.4 Å². The van der Waals surface area contributed by atoms with E-state index in [1.54, 1.807) is 20.4 Å². The molecule has 162 valence electrons. The predicted molar refractivity (Wildman–Crippen MR) is 119 cm³/mol. The number of hydrogen-bond acceptors (Lipinski definition) is 6. The Morgan fingerprint density at radius 1 is 1.00 bits per heavy atom. The number of aromatic nitrogens is 1. The molecule has 31 heavy (non-hydrogen) atoms. The Balaban J connectivity index is 1.28. The molecule has 0 N–H and O–H groups in total. The van der Waals surface area contributed by atoms with Crippen LogP contribution in [0.2, 0.25) is 0 Å². The van der Waals surface area contributed by atoms with Gasteiger partial charge in [0.25, 0.3) is 0 Å². The summed E-state index contributed by atoms with van der Waals surface area (Å²) in [6.45, 7) is 2.96. The number of carbonyl (C=O) groups is 1. The number of aryl methyl sites for hydroxylation is 1. The molecule has 0 saturated carbocycles. The molecular weight excluding hydrogens is 394 g/mol. The molecule has 2 heterocycles. The topological polar surface area (TPSA) is 68.0 Å². The largest absolute Gasteiger partial charge is 0.497 e. The number of nitrogens with zero attached hydrogens (tertiary/aromatic N) is 3. The van der Waals surface area contributed by atoms with Crippen molar-refractivity contribution in [1.29, 1.82) is 0 Å². The van der Waals surface area contributed by atoms with E-state index in [0.29, 0.717) is 37.6 Å². The van der Waals surface area contributed by atoms with E-state index < -0.39 is 0 Å². The predicted octanol–water partition coefficient (Wildman–Crippen LogP) is 3.64. The fourth-order valence-corrected chi connectivity index (χ4v) is 3.77. The van der Waals surface area contributed by atoms with Gasteiger partial charge in [0.15, 0.2) is 11.7 Å². The van der Waals surface area contributed by atoms with Crippen LogP contribution in [0.15, 0.2) is 59.1 Å². The Hall–Kier alpha value is -3.48. The average molecular weight is 421 g/mol. The fourth-order valence-electron chi connectivity index (χ4n) is 3.77. The molecule has 1 aromatic heterocycles. The summed E-state index contributed by atoms with van der Waals surface area (Å²) in [4.78, 5) is 21.2. The Morgan fingerprint density at radius 2 is 1.74 bits per heavy atom. The lowest BCUT2D eigenvalue weighted by Gasteiger charge is -2.36. The third kappa shape index (κ3) is 4.82. The van der Waals surface area contributed by atoms with Crippen LogP contribution in [0, 0.1) is 0 Å². The number of rotatable bonds is 7. The summed E-state index contributed by atoms with van der Waals surface area (Å²) < 4.78 is 16.5. The summed E-state index contributed by atoms with van der Waals surface area (Å²) in [7, 11) is 3.32. The molecule has 7 heteroatoms. The number of benzene rings is 2. The highest BCUT2D eigenvalue weighted by atomic mass is 16.5. The number of anilines is 1. The number of oxazole rings is 1. The molecule has 0 bridgehead atoms. The minimum atomic E-state index is 0.129. The van der Waals surface area contributed by atoms with Crippen molar-refractivity contribution in [2.75, 3.05) is 45.3 Å². The molecule has 0 unspecified atom stereocenters. The SMILES string of the molecule is COc1ccc(-c2cnc(CCC(=O)N3CCN(c4ccccc4OC)CC3)o2)cc1. The first-order chi connectivity index (χ1) is 15.2. The summed E-state index contributed by atoms with van der Waals surface area (Å²) in [5.74, 6) is 3.05. The molecule has 1 aliphatic rings. The van der Waals surface area contributed by atoms with Gasteiger partial charge in [-0.05, 0) is 36.4 Å². The van der Waals surface area contributed by atoms with E-state index in [9.17, 15) is 4.79 Å². The Bertz CT molecular complexity index is 1010. The molecule has 0 radical (unpaired) electrons. The minimum Gasteiger partial charge on any atom is -0.497 e. The van der Waals surface area contributed by atoms with E-state index in [0.717, 1.165) is 35.8 Å². The zero-order valence-corrected chi connectivity index (χ0v) is 17.9. The van der Waals surface area contributed by atoms with Gasteiger partial charge in [0.05, 0.1) is 26.1 Å². The van der Waals surface area contributed by atoms with Crippen molar-refractivity contribution in [3.8, 4) is 22.8 Å². The fraction of sp³-hybridized carbons (Fsp3) is 0.333. The average Bonchev–Trinajstić information content (AvgIpc) is 3.32. The molecule has 2 aromatic carbocycles. The van der Waals surface area contributed by atoms with Crippen molar-refractivity contribution >= 4 is 11.6 Å². The van der Waals surface area contributed by atoms with Crippen LogP contribution in [0.25, 0.3) is 11.3 Å². The zero-order valence-electron chi connectivity index (χ0n) is 17.9. The summed E-state index contributed by atoms with van der Waals surface area (Å²) in [5.41, 5.74) is 2.00. The molecule has 0 spiro atoms. The molecule has 1 aliphatic heterocycles. The normalized spacial score (nSPS) is 13.9. The molecule has 0 atom stereocenters. The van der Waals surface area contributed by atoms with E-state index >= 15 is 0 Å². The summed E-state index contributed by atoms with van der Waals surface area (Å²) in [6, 6.07) is 15.6. The van der Waals surface area contributed by atoms with Crippen LogP contribution < -0.4 is 14.4 Å². The van der Waals surface area contributed by atoms with Gasteiger partial charge < -0.3 is 23.7 Å². The Kier molecular flexibility index (Phi) is 6.40. The number of hydrogen-bond donors (Lipinski definition) is 0. The first kappa shape index (κ1) is 20.8. The first-order valence-electron chi connectivity index (χ1n) is 10.4. The minimum absolute atomic E-state index is 0.129. The van der Waals surface area contributed by atoms with Gasteiger partial charge in [0.1, 0.15) is 11.5 Å². The number of ether oxygens (including phenoxy) is 2.